The van der Waals surface area contributed by atoms with Crippen molar-refractivity contribution in [2.45, 2.75) is 32.4 Å². The SMILES string of the molecule is C=CCC[C@H](N)c1ccc2c(c1)c1ccccc1n2CC.Cl. The van der Waals surface area contributed by atoms with Gasteiger partial charge in [0, 0.05) is 34.4 Å². The Kier molecular flexibility index (Phi) is 5.28. The first-order chi connectivity index (χ1) is 10.3. The third-order valence-corrected chi connectivity index (χ3v) is 4.22. The fourth-order valence-electron chi connectivity index (χ4n) is 3.11. The summed E-state index contributed by atoms with van der Waals surface area (Å²) >= 11 is 0. The molecule has 1 heterocycles. The monoisotopic (exact) mass is 314 g/mol. The zero-order valence-corrected chi connectivity index (χ0v) is 13.8. The summed E-state index contributed by atoms with van der Waals surface area (Å²) in [5.74, 6) is 0. The topological polar surface area (TPSA) is 30.9 Å². The Morgan fingerprint density at radius 1 is 1.14 bits per heavy atom. The summed E-state index contributed by atoms with van der Waals surface area (Å²) in [5, 5.41) is 2.62. The van der Waals surface area contributed by atoms with Gasteiger partial charge in [-0.05, 0) is 43.5 Å². The van der Waals surface area contributed by atoms with Gasteiger partial charge in [0.1, 0.15) is 0 Å². The van der Waals surface area contributed by atoms with Gasteiger partial charge in [-0.2, -0.15) is 0 Å². The number of fused-ring (bicyclic) bond motifs is 3. The lowest BCUT2D eigenvalue weighted by atomic mass is 10.0. The fourth-order valence-corrected chi connectivity index (χ4v) is 3.11. The predicted octanol–water partition coefficient (Wildman–Crippen LogP) is 5.20. The highest BCUT2D eigenvalue weighted by molar-refractivity contribution is 6.08. The van der Waals surface area contributed by atoms with Gasteiger partial charge < -0.3 is 10.3 Å². The van der Waals surface area contributed by atoms with Gasteiger partial charge >= 0.3 is 0 Å². The molecule has 0 aliphatic carbocycles. The first kappa shape index (κ1) is 16.6. The third-order valence-electron chi connectivity index (χ3n) is 4.22. The molecule has 0 amide bonds. The van der Waals surface area contributed by atoms with Crippen LogP contribution in [0.25, 0.3) is 21.8 Å². The van der Waals surface area contributed by atoms with E-state index in [0.717, 1.165) is 19.4 Å². The Morgan fingerprint density at radius 3 is 2.59 bits per heavy atom. The fraction of sp³-hybridized carbons (Fsp3) is 0.263. The van der Waals surface area contributed by atoms with Gasteiger partial charge in [-0.15, -0.1) is 19.0 Å². The molecule has 0 fully saturated rings. The van der Waals surface area contributed by atoms with Gasteiger partial charge in [-0.1, -0.05) is 30.3 Å². The summed E-state index contributed by atoms with van der Waals surface area (Å²) in [6.07, 6.45) is 3.83. The molecule has 0 aliphatic rings. The molecule has 22 heavy (non-hydrogen) atoms. The Hall–Kier alpha value is -1.77. The van der Waals surface area contributed by atoms with Gasteiger partial charge in [-0.3, -0.25) is 0 Å². The highest BCUT2D eigenvalue weighted by atomic mass is 35.5. The minimum atomic E-state index is 0. The van der Waals surface area contributed by atoms with E-state index in [1.165, 1.54) is 27.4 Å². The van der Waals surface area contributed by atoms with E-state index in [0.29, 0.717) is 0 Å². The van der Waals surface area contributed by atoms with Crippen LogP contribution in [-0.4, -0.2) is 4.57 Å². The lowest BCUT2D eigenvalue weighted by molar-refractivity contribution is 0.662. The number of rotatable bonds is 5. The van der Waals surface area contributed by atoms with E-state index in [2.05, 4.69) is 60.5 Å². The van der Waals surface area contributed by atoms with Crippen molar-refractivity contribution < 1.29 is 0 Å². The minimum absolute atomic E-state index is 0. The van der Waals surface area contributed by atoms with Crippen molar-refractivity contribution in [3.63, 3.8) is 0 Å². The number of aromatic nitrogens is 1. The number of aryl methyl sites for hydroxylation is 1. The van der Waals surface area contributed by atoms with Crippen LogP contribution in [-0.2, 0) is 6.54 Å². The molecule has 3 rings (SSSR count). The van der Waals surface area contributed by atoms with Crippen molar-refractivity contribution in [1.82, 2.24) is 4.57 Å². The van der Waals surface area contributed by atoms with Crippen LogP contribution in [0.4, 0.5) is 0 Å². The molecular weight excluding hydrogens is 292 g/mol. The average molecular weight is 315 g/mol. The standard InChI is InChI=1S/C19H22N2.ClH/c1-3-5-9-17(20)14-11-12-19-16(13-14)15-8-6-7-10-18(15)21(19)4-2;/h3,6-8,10-13,17H,1,4-5,9,20H2,2H3;1H/t17-;/m0./s1. The van der Waals surface area contributed by atoms with Crippen LogP contribution in [0.5, 0.6) is 0 Å². The van der Waals surface area contributed by atoms with Crippen LogP contribution < -0.4 is 5.73 Å². The minimum Gasteiger partial charge on any atom is -0.341 e. The van der Waals surface area contributed by atoms with Crippen molar-refractivity contribution in [3.8, 4) is 0 Å². The second kappa shape index (κ2) is 6.99. The van der Waals surface area contributed by atoms with Gasteiger partial charge in [0.25, 0.3) is 0 Å². The number of hydrogen-bond donors (Lipinski definition) is 1. The van der Waals surface area contributed by atoms with E-state index < -0.39 is 0 Å². The Bertz CT molecular complexity index is 789. The summed E-state index contributed by atoms with van der Waals surface area (Å²) in [6.45, 7) is 6.94. The number of nitrogens with two attached hydrogens (primary N) is 1. The summed E-state index contributed by atoms with van der Waals surface area (Å²) < 4.78 is 2.36. The molecule has 2 N–H and O–H groups in total. The molecule has 0 aliphatic heterocycles. The van der Waals surface area contributed by atoms with Crippen molar-refractivity contribution in [3.05, 3.63) is 60.7 Å². The van der Waals surface area contributed by atoms with Gasteiger partial charge in [0.2, 0.25) is 0 Å². The quantitative estimate of drug-likeness (QED) is 0.644. The van der Waals surface area contributed by atoms with Crippen LogP contribution in [0.3, 0.4) is 0 Å². The van der Waals surface area contributed by atoms with E-state index in [1.54, 1.807) is 0 Å². The predicted molar refractivity (Wildman–Crippen MR) is 98.7 cm³/mol. The molecule has 0 radical (unpaired) electrons. The summed E-state index contributed by atoms with van der Waals surface area (Å²) in [7, 11) is 0. The number of halogens is 1. The Morgan fingerprint density at radius 2 is 1.86 bits per heavy atom. The van der Waals surface area contributed by atoms with E-state index in [4.69, 9.17) is 5.73 Å². The van der Waals surface area contributed by atoms with Crippen LogP contribution >= 0.6 is 12.4 Å². The summed E-state index contributed by atoms with van der Waals surface area (Å²) in [4.78, 5) is 0. The van der Waals surface area contributed by atoms with Crippen LogP contribution in [0.15, 0.2) is 55.1 Å². The molecule has 0 unspecified atom stereocenters. The summed E-state index contributed by atoms with van der Waals surface area (Å²) in [5.41, 5.74) is 10.1. The van der Waals surface area contributed by atoms with Crippen molar-refractivity contribution in [2.24, 2.45) is 5.73 Å². The normalized spacial score (nSPS) is 12.3. The first-order valence-electron chi connectivity index (χ1n) is 7.63. The van der Waals surface area contributed by atoms with Crippen LogP contribution in [0.2, 0.25) is 0 Å². The highest BCUT2D eigenvalue weighted by Crippen LogP contribution is 2.31. The molecule has 0 bridgehead atoms. The average Bonchev–Trinajstić information content (AvgIpc) is 2.85. The largest absolute Gasteiger partial charge is 0.341 e. The van der Waals surface area contributed by atoms with Gasteiger partial charge in [-0.25, -0.2) is 0 Å². The molecular formula is C19H23ClN2. The molecule has 2 nitrogen and oxygen atoms in total. The highest BCUT2D eigenvalue weighted by Gasteiger charge is 2.12. The molecule has 3 heteroatoms. The number of nitrogens with zero attached hydrogens (tertiary/aromatic N) is 1. The van der Waals surface area contributed by atoms with Crippen LogP contribution in [0, 0.1) is 0 Å². The number of allylic oxidation sites excluding steroid dienone is 1. The van der Waals surface area contributed by atoms with E-state index >= 15 is 0 Å². The lowest BCUT2D eigenvalue weighted by Crippen LogP contribution is -2.09. The number of para-hydroxylation sites is 1. The van der Waals surface area contributed by atoms with Crippen LogP contribution in [0.1, 0.15) is 31.4 Å². The molecule has 2 aromatic carbocycles. The summed E-state index contributed by atoms with van der Waals surface area (Å²) in [6, 6.07) is 15.3. The zero-order valence-electron chi connectivity index (χ0n) is 13.0. The maximum Gasteiger partial charge on any atom is 0.0491 e. The van der Waals surface area contributed by atoms with Gasteiger partial charge in [0.15, 0.2) is 0 Å². The second-order valence-electron chi connectivity index (χ2n) is 5.51. The van der Waals surface area contributed by atoms with E-state index in [9.17, 15) is 0 Å². The maximum atomic E-state index is 6.30. The maximum absolute atomic E-state index is 6.30. The van der Waals surface area contributed by atoms with E-state index in [1.807, 2.05) is 6.08 Å². The van der Waals surface area contributed by atoms with Crippen molar-refractivity contribution >= 4 is 34.2 Å². The molecule has 0 saturated carbocycles. The lowest BCUT2D eigenvalue weighted by Gasteiger charge is -2.11. The number of benzene rings is 2. The second-order valence-corrected chi connectivity index (χ2v) is 5.51. The smallest absolute Gasteiger partial charge is 0.0491 e. The van der Waals surface area contributed by atoms with Crippen molar-refractivity contribution in [1.29, 1.82) is 0 Å². The third kappa shape index (κ3) is 2.77. The first-order valence-corrected chi connectivity index (χ1v) is 7.63. The molecule has 1 aromatic heterocycles. The molecule has 0 spiro atoms. The molecule has 0 saturated heterocycles. The van der Waals surface area contributed by atoms with E-state index in [-0.39, 0.29) is 18.4 Å². The van der Waals surface area contributed by atoms with Crippen molar-refractivity contribution in [2.75, 3.05) is 0 Å². The Labute approximate surface area is 138 Å². The van der Waals surface area contributed by atoms with Gasteiger partial charge in [0.05, 0.1) is 0 Å². The zero-order chi connectivity index (χ0) is 14.8. The molecule has 116 valence electrons. The molecule has 3 aromatic rings. The Balaban J connectivity index is 0.00000176. The molecule has 1 atom stereocenters. The number of hydrogen-bond acceptors (Lipinski definition) is 1.